The van der Waals surface area contributed by atoms with Crippen LogP contribution >= 0.6 is 0 Å². The van der Waals surface area contributed by atoms with Gasteiger partial charge in [0.2, 0.25) is 0 Å². The molecule has 1 saturated heterocycles. The molecule has 0 aromatic heterocycles. The van der Waals surface area contributed by atoms with Gasteiger partial charge in [0.05, 0.1) is 0 Å². The highest BCUT2D eigenvalue weighted by atomic mass is 16.5. The number of aliphatic hydroxyl groups is 1. The fourth-order valence-electron chi connectivity index (χ4n) is 2.18. The molecule has 0 aromatic rings. The first kappa shape index (κ1) is 9.96. The van der Waals surface area contributed by atoms with Crippen LogP contribution in [0.5, 0.6) is 0 Å². The summed E-state index contributed by atoms with van der Waals surface area (Å²) in [5, 5.41) is 20.3. The van der Waals surface area contributed by atoms with E-state index in [-0.39, 0.29) is 23.6 Å². The number of rotatable bonds is 1. The Kier molecular flexibility index (Phi) is 2.23. The summed E-state index contributed by atoms with van der Waals surface area (Å²) in [5.74, 6) is 0.164. The van der Waals surface area contributed by atoms with E-state index in [4.69, 9.17) is 5.11 Å². The fourth-order valence-corrected chi connectivity index (χ4v) is 2.18. The molecule has 0 amide bonds. The molecule has 72 valence electrons. The van der Waals surface area contributed by atoms with Crippen molar-refractivity contribution in [2.75, 3.05) is 6.61 Å². The third-order valence-electron chi connectivity index (χ3n) is 3.08. The van der Waals surface area contributed by atoms with Gasteiger partial charge >= 0.3 is 0 Å². The molecule has 0 unspecified atom stereocenters. The first-order valence-electron chi connectivity index (χ1n) is 4.42. The Labute approximate surface area is 74.0 Å². The lowest BCUT2D eigenvalue weighted by Crippen LogP contribution is -2.47. The predicted molar refractivity (Wildman–Crippen MR) is 47.0 cm³/mol. The Morgan fingerprint density at radius 3 is 2.00 bits per heavy atom. The lowest BCUT2D eigenvalue weighted by atomic mass is 9.88. The van der Waals surface area contributed by atoms with Crippen LogP contribution in [0.25, 0.3) is 0 Å². The molecule has 1 heterocycles. The number of aliphatic hydroxyl groups excluding tert-OH is 1. The second-order valence-corrected chi connectivity index (χ2v) is 4.86. The van der Waals surface area contributed by atoms with Gasteiger partial charge in [-0.1, -0.05) is 0 Å². The number of hydrogen-bond donors (Lipinski definition) is 2. The monoisotopic (exact) mass is 173 g/mol. The Hall–Kier alpha value is -0.120. The molecular weight excluding hydrogens is 154 g/mol. The lowest BCUT2D eigenvalue weighted by Gasteiger charge is -2.35. The molecule has 3 nitrogen and oxygen atoms in total. The van der Waals surface area contributed by atoms with Gasteiger partial charge in [-0.15, -0.1) is 0 Å². The van der Waals surface area contributed by atoms with Crippen LogP contribution in [0.3, 0.4) is 0 Å². The first-order valence-corrected chi connectivity index (χ1v) is 4.42. The molecule has 1 fully saturated rings. The molecule has 1 rings (SSSR count). The predicted octanol–water partition coefficient (Wildman–Crippen LogP) is 1.25. The van der Waals surface area contributed by atoms with Crippen LogP contribution in [-0.4, -0.2) is 33.1 Å². The van der Waals surface area contributed by atoms with E-state index < -0.39 is 0 Å². The Balaban J connectivity index is 2.88. The molecule has 0 bridgehead atoms. The zero-order valence-electron chi connectivity index (χ0n) is 8.33. The van der Waals surface area contributed by atoms with Crippen LogP contribution in [0.1, 0.15) is 34.1 Å². The van der Waals surface area contributed by atoms with Gasteiger partial charge in [-0.2, -0.15) is 5.06 Å². The largest absolute Gasteiger partial charge is 0.396 e. The van der Waals surface area contributed by atoms with Crippen LogP contribution in [0.4, 0.5) is 0 Å². The molecule has 0 aromatic carbocycles. The van der Waals surface area contributed by atoms with Crippen LogP contribution in [-0.2, 0) is 0 Å². The van der Waals surface area contributed by atoms with Crippen LogP contribution in [0.2, 0.25) is 0 Å². The molecule has 1 aliphatic heterocycles. The summed E-state index contributed by atoms with van der Waals surface area (Å²) in [6.45, 7) is 8.05. The summed E-state index contributed by atoms with van der Waals surface area (Å²) in [6, 6.07) is 0. The van der Waals surface area contributed by atoms with E-state index in [2.05, 4.69) is 0 Å². The molecule has 1 atom stereocenters. The topological polar surface area (TPSA) is 43.7 Å². The number of nitrogens with zero attached hydrogens (tertiary/aromatic N) is 1. The van der Waals surface area contributed by atoms with E-state index in [1.54, 1.807) is 0 Å². The molecule has 0 aliphatic carbocycles. The van der Waals surface area contributed by atoms with Gasteiger partial charge < -0.3 is 10.3 Å². The van der Waals surface area contributed by atoms with Crippen LogP contribution in [0.15, 0.2) is 0 Å². The molecule has 0 radical (unpaired) electrons. The van der Waals surface area contributed by atoms with Crippen molar-refractivity contribution in [1.82, 2.24) is 5.06 Å². The van der Waals surface area contributed by atoms with Crippen LogP contribution < -0.4 is 0 Å². The average molecular weight is 173 g/mol. The standard InChI is InChI=1S/C9H19NO2/c1-8(2)5-7(6-11)9(3,4)10(8)12/h7,11-12H,5-6H2,1-4H3/t7-/m0/s1. The third kappa shape index (κ3) is 1.26. The van der Waals surface area contributed by atoms with Gasteiger partial charge in [0, 0.05) is 23.6 Å². The summed E-state index contributed by atoms with van der Waals surface area (Å²) >= 11 is 0. The average Bonchev–Trinajstić information content (AvgIpc) is 2.11. The van der Waals surface area contributed by atoms with E-state index in [0.29, 0.717) is 0 Å². The summed E-state index contributed by atoms with van der Waals surface area (Å²) in [5.41, 5.74) is -0.519. The minimum atomic E-state index is -0.307. The van der Waals surface area contributed by atoms with Gasteiger partial charge in [0.1, 0.15) is 0 Å². The van der Waals surface area contributed by atoms with Gasteiger partial charge in [-0.25, -0.2) is 0 Å². The summed E-state index contributed by atoms with van der Waals surface area (Å²) in [4.78, 5) is 0. The van der Waals surface area contributed by atoms with E-state index in [0.717, 1.165) is 6.42 Å². The third-order valence-corrected chi connectivity index (χ3v) is 3.08. The normalized spacial score (nSPS) is 34.0. The fraction of sp³-hybridized carbons (Fsp3) is 1.00. The van der Waals surface area contributed by atoms with Crippen molar-refractivity contribution in [3.05, 3.63) is 0 Å². The lowest BCUT2D eigenvalue weighted by molar-refractivity contribution is -0.197. The SMILES string of the molecule is CC1(C)C[C@@H](CO)C(C)(C)N1O. The summed E-state index contributed by atoms with van der Waals surface area (Å²) in [7, 11) is 0. The number of hydroxylamine groups is 2. The maximum atomic E-state index is 9.81. The molecule has 12 heavy (non-hydrogen) atoms. The van der Waals surface area contributed by atoms with Crippen molar-refractivity contribution in [2.45, 2.75) is 45.2 Å². The van der Waals surface area contributed by atoms with Crippen molar-refractivity contribution >= 4 is 0 Å². The van der Waals surface area contributed by atoms with E-state index >= 15 is 0 Å². The summed E-state index contributed by atoms with van der Waals surface area (Å²) in [6.07, 6.45) is 0.840. The van der Waals surface area contributed by atoms with Gasteiger partial charge in [0.15, 0.2) is 0 Å². The van der Waals surface area contributed by atoms with Crippen molar-refractivity contribution < 1.29 is 10.3 Å². The zero-order valence-corrected chi connectivity index (χ0v) is 8.33. The second-order valence-electron chi connectivity index (χ2n) is 4.86. The molecule has 0 spiro atoms. The van der Waals surface area contributed by atoms with Gasteiger partial charge in [-0.3, -0.25) is 0 Å². The molecule has 3 heteroatoms. The molecule has 2 N–H and O–H groups in total. The minimum absolute atomic E-state index is 0.146. The zero-order chi connectivity index (χ0) is 9.57. The smallest absolute Gasteiger partial charge is 0.0478 e. The van der Waals surface area contributed by atoms with Crippen molar-refractivity contribution in [2.24, 2.45) is 5.92 Å². The number of hydrogen-bond acceptors (Lipinski definition) is 3. The van der Waals surface area contributed by atoms with Crippen LogP contribution in [0, 0.1) is 5.92 Å². The van der Waals surface area contributed by atoms with Crippen molar-refractivity contribution in [3.63, 3.8) is 0 Å². The Morgan fingerprint density at radius 2 is 1.83 bits per heavy atom. The quantitative estimate of drug-likeness (QED) is 0.627. The van der Waals surface area contributed by atoms with E-state index in [1.165, 1.54) is 5.06 Å². The van der Waals surface area contributed by atoms with E-state index in [1.807, 2.05) is 27.7 Å². The summed E-state index contributed by atoms with van der Waals surface area (Å²) < 4.78 is 0. The second kappa shape index (κ2) is 2.69. The van der Waals surface area contributed by atoms with E-state index in [9.17, 15) is 5.21 Å². The molecule has 1 aliphatic rings. The molecule has 0 saturated carbocycles. The highest BCUT2D eigenvalue weighted by Gasteiger charge is 2.50. The van der Waals surface area contributed by atoms with Crippen molar-refractivity contribution in [1.29, 1.82) is 0 Å². The van der Waals surface area contributed by atoms with Gasteiger partial charge in [-0.05, 0) is 34.1 Å². The highest BCUT2D eigenvalue weighted by Crippen LogP contribution is 2.42. The molecular formula is C9H19NO2. The van der Waals surface area contributed by atoms with Crippen molar-refractivity contribution in [3.8, 4) is 0 Å². The Bertz CT molecular complexity index is 177. The maximum Gasteiger partial charge on any atom is 0.0478 e. The maximum absolute atomic E-state index is 9.81. The van der Waals surface area contributed by atoms with Gasteiger partial charge in [0.25, 0.3) is 0 Å². The minimum Gasteiger partial charge on any atom is -0.396 e. The first-order chi connectivity index (χ1) is 5.32. The Morgan fingerprint density at radius 1 is 1.33 bits per heavy atom. The highest BCUT2D eigenvalue weighted by molar-refractivity contribution is 5.01.